The molecule has 1 fully saturated rings. The van der Waals surface area contributed by atoms with Gasteiger partial charge in [-0.3, -0.25) is 0 Å². The molecule has 1 N–H and O–H groups in total. The predicted octanol–water partition coefficient (Wildman–Crippen LogP) is 1.37. The average molecular weight is 309 g/mol. The van der Waals surface area contributed by atoms with Crippen LogP contribution in [0.25, 0.3) is 0 Å². The van der Waals surface area contributed by atoms with Crippen LogP contribution in [-0.2, 0) is 16.4 Å². The van der Waals surface area contributed by atoms with E-state index < -0.39 is 10.0 Å². The smallest absolute Gasteiger partial charge is 0.243 e. The van der Waals surface area contributed by atoms with Gasteiger partial charge in [-0.15, -0.1) is 0 Å². The molecule has 1 aromatic carbocycles. The van der Waals surface area contributed by atoms with Crippen molar-refractivity contribution in [1.29, 1.82) is 0 Å². The predicted molar refractivity (Wildman–Crippen MR) is 84.1 cm³/mol. The quantitative estimate of drug-likeness (QED) is 0.916. The zero-order chi connectivity index (χ0) is 15.0. The molecule has 1 saturated heterocycles. The van der Waals surface area contributed by atoms with Crippen LogP contribution in [0.4, 0.5) is 5.69 Å². The number of likely N-dealkylation sites (tertiary alicyclic amines) is 1. The van der Waals surface area contributed by atoms with E-state index in [4.69, 9.17) is 0 Å². The number of rotatable bonds is 3. The van der Waals surface area contributed by atoms with E-state index in [1.807, 2.05) is 19.2 Å². The van der Waals surface area contributed by atoms with Crippen LogP contribution in [0.3, 0.4) is 0 Å². The molecule has 5 nitrogen and oxygen atoms in total. The van der Waals surface area contributed by atoms with Crippen molar-refractivity contribution in [1.82, 2.24) is 9.21 Å². The Bertz CT molecular complexity index is 630. The SMILES string of the molecule is CN1CCCC(N(C)S(=O)(=O)c2ccc3c(c2)CCN3)C1. The van der Waals surface area contributed by atoms with Gasteiger partial charge in [-0.2, -0.15) is 4.31 Å². The fraction of sp³-hybridized carbons (Fsp3) is 0.600. The normalized spacial score (nSPS) is 23.1. The van der Waals surface area contributed by atoms with Gasteiger partial charge < -0.3 is 10.2 Å². The van der Waals surface area contributed by atoms with Crippen molar-refractivity contribution in [3.05, 3.63) is 23.8 Å². The van der Waals surface area contributed by atoms with Crippen LogP contribution in [0.1, 0.15) is 18.4 Å². The van der Waals surface area contributed by atoms with E-state index in [0.29, 0.717) is 4.90 Å². The Morgan fingerprint density at radius 3 is 2.95 bits per heavy atom. The van der Waals surface area contributed by atoms with Crippen LogP contribution in [0.5, 0.6) is 0 Å². The summed E-state index contributed by atoms with van der Waals surface area (Å²) in [5.41, 5.74) is 2.17. The highest BCUT2D eigenvalue weighted by Crippen LogP contribution is 2.28. The van der Waals surface area contributed by atoms with Gasteiger partial charge in [0.25, 0.3) is 0 Å². The number of nitrogens with one attached hydrogen (secondary N) is 1. The Labute approximate surface area is 127 Å². The van der Waals surface area contributed by atoms with Gasteiger partial charge in [-0.05, 0) is 56.6 Å². The summed E-state index contributed by atoms with van der Waals surface area (Å²) >= 11 is 0. The van der Waals surface area contributed by atoms with Crippen LogP contribution in [-0.4, -0.2) is 57.4 Å². The molecule has 3 rings (SSSR count). The van der Waals surface area contributed by atoms with E-state index in [9.17, 15) is 8.42 Å². The molecule has 2 aliphatic heterocycles. The lowest BCUT2D eigenvalue weighted by Gasteiger charge is -2.35. The molecule has 21 heavy (non-hydrogen) atoms. The molecule has 1 unspecified atom stereocenters. The number of nitrogens with zero attached hydrogens (tertiary/aromatic N) is 2. The Morgan fingerprint density at radius 1 is 1.38 bits per heavy atom. The number of piperidine rings is 1. The van der Waals surface area contributed by atoms with E-state index in [1.54, 1.807) is 17.4 Å². The van der Waals surface area contributed by atoms with Crippen molar-refractivity contribution >= 4 is 15.7 Å². The highest BCUT2D eigenvalue weighted by atomic mass is 32.2. The fourth-order valence-corrected chi connectivity index (χ4v) is 4.67. The lowest BCUT2D eigenvalue weighted by molar-refractivity contribution is 0.187. The Morgan fingerprint density at radius 2 is 2.19 bits per heavy atom. The molecule has 0 bridgehead atoms. The van der Waals surface area contributed by atoms with Crippen molar-refractivity contribution in [3.63, 3.8) is 0 Å². The molecule has 0 aromatic heterocycles. The monoisotopic (exact) mass is 309 g/mol. The number of sulfonamides is 1. The first kappa shape index (κ1) is 14.8. The zero-order valence-corrected chi connectivity index (χ0v) is 13.5. The first-order valence-corrected chi connectivity index (χ1v) is 8.96. The molecule has 1 aromatic rings. The average Bonchev–Trinajstić information content (AvgIpc) is 2.93. The number of hydrogen-bond acceptors (Lipinski definition) is 4. The van der Waals surface area contributed by atoms with Crippen molar-refractivity contribution in [2.75, 3.05) is 39.0 Å². The van der Waals surface area contributed by atoms with E-state index in [-0.39, 0.29) is 6.04 Å². The highest BCUT2D eigenvalue weighted by molar-refractivity contribution is 7.89. The molecule has 0 radical (unpaired) electrons. The van der Waals surface area contributed by atoms with E-state index in [0.717, 1.165) is 50.1 Å². The molecule has 0 amide bonds. The van der Waals surface area contributed by atoms with Gasteiger partial charge >= 0.3 is 0 Å². The van der Waals surface area contributed by atoms with E-state index in [1.165, 1.54) is 0 Å². The minimum Gasteiger partial charge on any atom is -0.384 e. The molecule has 0 aliphatic carbocycles. The fourth-order valence-electron chi connectivity index (χ4n) is 3.24. The molecule has 2 heterocycles. The summed E-state index contributed by atoms with van der Waals surface area (Å²) in [7, 11) is 0.358. The first-order valence-electron chi connectivity index (χ1n) is 7.52. The summed E-state index contributed by atoms with van der Waals surface area (Å²) < 4.78 is 27.2. The second kappa shape index (κ2) is 5.59. The van der Waals surface area contributed by atoms with Crippen LogP contribution < -0.4 is 5.32 Å². The Hall–Kier alpha value is -1.11. The van der Waals surface area contributed by atoms with Crippen LogP contribution >= 0.6 is 0 Å². The lowest BCUT2D eigenvalue weighted by atomic mass is 10.1. The molecule has 0 saturated carbocycles. The summed E-state index contributed by atoms with van der Waals surface area (Å²) in [6.07, 6.45) is 2.89. The summed E-state index contributed by atoms with van der Waals surface area (Å²) in [6.45, 7) is 2.75. The number of hydrogen-bond donors (Lipinski definition) is 1. The van der Waals surface area contributed by atoms with Gasteiger partial charge in [0.2, 0.25) is 10.0 Å². The van der Waals surface area contributed by atoms with E-state index >= 15 is 0 Å². The minimum atomic E-state index is -3.40. The van der Waals surface area contributed by atoms with Gasteiger partial charge in [0.05, 0.1) is 4.90 Å². The molecule has 2 aliphatic rings. The van der Waals surface area contributed by atoms with Crippen LogP contribution in [0, 0.1) is 0 Å². The molecule has 116 valence electrons. The highest BCUT2D eigenvalue weighted by Gasteiger charge is 2.31. The maximum atomic E-state index is 12.8. The third-order valence-electron chi connectivity index (χ3n) is 4.58. The van der Waals surface area contributed by atoms with Gasteiger partial charge in [0.1, 0.15) is 0 Å². The summed E-state index contributed by atoms with van der Waals surface area (Å²) in [4.78, 5) is 2.62. The Balaban J connectivity index is 1.85. The molecular formula is C15H23N3O2S. The number of likely N-dealkylation sites (N-methyl/N-ethyl adjacent to an activating group) is 2. The summed E-state index contributed by atoms with van der Waals surface area (Å²) in [5, 5.41) is 3.26. The first-order chi connectivity index (χ1) is 9.98. The second-order valence-corrected chi connectivity index (χ2v) is 8.07. The topological polar surface area (TPSA) is 52.7 Å². The second-order valence-electron chi connectivity index (χ2n) is 6.08. The van der Waals surface area contributed by atoms with Crippen LogP contribution in [0.15, 0.2) is 23.1 Å². The summed E-state index contributed by atoms with van der Waals surface area (Å²) in [6, 6.07) is 5.50. The van der Waals surface area contributed by atoms with Crippen molar-refractivity contribution in [2.24, 2.45) is 0 Å². The standard InChI is InChI=1S/C15H23N3O2S/c1-17-9-3-4-13(11-17)18(2)21(19,20)14-5-6-15-12(10-14)7-8-16-15/h5-6,10,13,16H,3-4,7-9,11H2,1-2H3. The Kier molecular flexibility index (Phi) is 3.94. The van der Waals surface area contributed by atoms with Gasteiger partial charge in [0, 0.05) is 31.9 Å². The van der Waals surface area contributed by atoms with Gasteiger partial charge in [-0.25, -0.2) is 8.42 Å². The number of anilines is 1. The number of fused-ring (bicyclic) bond motifs is 1. The van der Waals surface area contributed by atoms with Crippen molar-refractivity contribution in [2.45, 2.75) is 30.2 Å². The van der Waals surface area contributed by atoms with Crippen LogP contribution in [0.2, 0.25) is 0 Å². The largest absolute Gasteiger partial charge is 0.384 e. The third kappa shape index (κ3) is 2.80. The molecular weight excluding hydrogens is 286 g/mol. The molecule has 1 atom stereocenters. The number of benzene rings is 1. The van der Waals surface area contributed by atoms with Crippen molar-refractivity contribution < 1.29 is 8.42 Å². The summed E-state index contributed by atoms with van der Waals surface area (Å²) in [5.74, 6) is 0. The lowest BCUT2D eigenvalue weighted by Crippen LogP contribution is -2.47. The third-order valence-corrected chi connectivity index (χ3v) is 6.48. The molecule has 6 heteroatoms. The van der Waals surface area contributed by atoms with Crippen molar-refractivity contribution in [3.8, 4) is 0 Å². The van der Waals surface area contributed by atoms with Gasteiger partial charge in [0.15, 0.2) is 0 Å². The van der Waals surface area contributed by atoms with Gasteiger partial charge in [-0.1, -0.05) is 0 Å². The maximum absolute atomic E-state index is 12.8. The van der Waals surface area contributed by atoms with E-state index in [2.05, 4.69) is 10.2 Å². The maximum Gasteiger partial charge on any atom is 0.243 e. The minimum absolute atomic E-state index is 0.0696. The molecule has 0 spiro atoms. The zero-order valence-electron chi connectivity index (χ0n) is 12.7.